The lowest BCUT2D eigenvalue weighted by Gasteiger charge is -2.10. The van der Waals surface area contributed by atoms with Crippen LogP contribution in [0.25, 0.3) is 0 Å². The van der Waals surface area contributed by atoms with Crippen LogP contribution in [0.2, 0.25) is 0 Å². The van der Waals surface area contributed by atoms with Gasteiger partial charge in [0.25, 0.3) is 0 Å². The average Bonchev–Trinajstić information content (AvgIpc) is 2.35. The van der Waals surface area contributed by atoms with E-state index in [1.54, 1.807) is 0 Å². The van der Waals surface area contributed by atoms with Gasteiger partial charge < -0.3 is 4.74 Å². The summed E-state index contributed by atoms with van der Waals surface area (Å²) in [6.07, 6.45) is 17.0. The minimum absolute atomic E-state index is 0.0918. The maximum absolute atomic E-state index is 11.4. The molecule has 0 aromatic carbocycles. The first-order valence-electron chi connectivity index (χ1n) is 7.24. The first-order valence-corrected chi connectivity index (χ1v) is 7.24. The van der Waals surface area contributed by atoms with Crippen molar-refractivity contribution < 1.29 is 9.53 Å². The smallest absolute Gasteiger partial charge is 0.309 e. The van der Waals surface area contributed by atoms with Crippen LogP contribution in [0, 0.1) is 5.92 Å². The highest BCUT2D eigenvalue weighted by atomic mass is 16.5. The number of ether oxygens (including phenoxy) is 1. The summed E-state index contributed by atoms with van der Waals surface area (Å²) < 4.78 is 5.19. The zero-order valence-electron chi connectivity index (χ0n) is 11.6. The number of carbonyl (C=O) groups is 1. The molecule has 0 spiro atoms. The van der Waals surface area contributed by atoms with E-state index in [0.29, 0.717) is 13.0 Å². The van der Waals surface area contributed by atoms with Crippen LogP contribution in [0.3, 0.4) is 0 Å². The van der Waals surface area contributed by atoms with E-state index in [9.17, 15) is 4.79 Å². The Morgan fingerprint density at radius 2 is 1.72 bits per heavy atom. The van der Waals surface area contributed by atoms with Crippen molar-refractivity contribution in [1.29, 1.82) is 0 Å². The maximum atomic E-state index is 11.4. The van der Waals surface area contributed by atoms with Crippen molar-refractivity contribution in [3.8, 4) is 0 Å². The number of esters is 1. The molecule has 0 bridgehead atoms. The van der Waals surface area contributed by atoms with Gasteiger partial charge in [-0.1, -0.05) is 31.2 Å². The predicted molar refractivity (Wildman–Crippen MR) is 75.3 cm³/mol. The number of rotatable bonds is 0. The fourth-order valence-electron chi connectivity index (χ4n) is 2.09. The molecule has 102 valence electrons. The normalized spacial score (nSPS) is 28.3. The molecule has 0 saturated heterocycles. The van der Waals surface area contributed by atoms with E-state index in [2.05, 4.69) is 25.2 Å². The Kier molecular flexibility index (Phi) is 8.28. The van der Waals surface area contributed by atoms with Gasteiger partial charge in [0, 0.05) is 0 Å². The summed E-state index contributed by atoms with van der Waals surface area (Å²) in [7, 11) is 0. The lowest BCUT2D eigenvalue weighted by molar-refractivity contribution is -0.142. The Hall–Kier alpha value is -1.05. The van der Waals surface area contributed by atoms with E-state index in [1.807, 2.05) is 6.08 Å². The fourth-order valence-corrected chi connectivity index (χ4v) is 2.09. The van der Waals surface area contributed by atoms with E-state index in [-0.39, 0.29) is 5.97 Å². The Labute approximate surface area is 111 Å². The molecule has 2 nitrogen and oxygen atoms in total. The molecule has 0 aliphatic carbocycles. The Morgan fingerprint density at radius 3 is 2.56 bits per heavy atom. The van der Waals surface area contributed by atoms with Gasteiger partial charge in [-0.2, -0.15) is 0 Å². The number of cyclic esters (lactones) is 1. The highest BCUT2D eigenvalue weighted by Crippen LogP contribution is 2.13. The lowest BCUT2D eigenvalue weighted by atomic mass is 10.00. The molecular formula is C16H26O2. The molecule has 1 atom stereocenters. The van der Waals surface area contributed by atoms with Crippen LogP contribution >= 0.6 is 0 Å². The molecule has 1 unspecified atom stereocenters. The van der Waals surface area contributed by atoms with Gasteiger partial charge in [-0.05, 0) is 50.9 Å². The van der Waals surface area contributed by atoms with Crippen molar-refractivity contribution in [3.05, 3.63) is 24.3 Å². The van der Waals surface area contributed by atoms with Crippen LogP contribution < -0.4 is 0 Å². The van der Waals surface area contributed by atoms with Gasteiger partial charge >= 0.3 is 5.97 Å². The summed E-state index contributed by atoms with van der Waals surface area (Å²) in [6.45, 7) is 2.86. The lowest BCUT2D eigenvalue weighted by Crippen LogP contribution is -2.06. The van der Waals surface area contributed by atoms with Gasteiger partial charge in [0.2, 0.25) is 0 Å². The second-order valence-corrected chi connectivity index (χ2v) is 5.12. The van der Waals surface area contributed by atoms with Crippen molar-refractivity contribution in [2.24, 2.45) is 5.92 Å². The van der Waals surface area contributed by atoms with Crippen LogP contribution in [-0.4, -0.2) is 12.6 Å². The Bertz CT molecular complexity index is 279. The molecule has 0 aromatic heterocycles. The van der Waals surface area contributed by atoms with Crippen LogP contribution in [0.4, 0.5) is 0 Å². The molecule has 0 fully saturated rings. The summed E-state index contributed by atoms with van der Waals surface area (Å²) in [5.74, 6) is 0.632. The van der Waals surface area contributed by atoms with E-state index >= 15 is 0 Å². The first kappa shape index (κ1) is 15.0. The van der Waals surface area contributed by atoms with Crippen molar-refractivity contribution in [2.75, 3.05) is 6.61 Å². The topological polar surface area (TPSA) is 26.3 Å². The molecule has 18 heavy (non-hydrogen) atoms. The highest BCUT2D eigenvalue weighted by molar-refractivity contribution is 5.71. The van der Waals surface area contributed by atoms with Gasteiger partial charge in [-0.3, -0.25) is 4.79 Å². The standard InChI is InChI=1S/C16H26O2/c1-15-11-8-6-4-2-3-5-7-9-13-16(17)18-14-10-12-15/h4,6-7,9,15H,2-3,5,8,10-14H2,1H3/b6-4-,9-7+. The summed E-state index contributed by atoms with van der Waals surface area (Å²) in [5.41, 5.74) is 0. The molecule has 1 aliphatic rings. The van der Waals surface area contributed by atoms with Crippen molar-refractivity contribution >= 4 is 5.97 Å². The van der Waals surface area contributed by atoms with Crippen molar-refractivity contribution in [1.82, 2.24) is 0 Å². The summed E-state index contributed by atoms with van der Waals surface area (Å²) in [5, 5.41) is 0. The minimum atomic E-state index is -0.0918. The van der Waals surface area contributed by atoms with Gasteiger partial charge in [-0.15, -0.1) is 0 Å². The Balaban J connectivity index is 2.34. The maximum Gasteiger partial charge on any atom is 0.309 e. The molecule has 0 amide bonds. The van der Waals surface area contributed by atoms with Gasteiger partial charge in [0.1, 0.15) is 0 Å². The highest BCUT2D eigenvalue weighted by Gasteiger charge is 2.03. The molecular weight excluding hydrogens is 224 g/mol. The molecule has 0 N–H and O–H groups in total. The molecule has 0 radical (unpaired) electrons. The molecule has 0 saturated carbocycles. The van der Waals surface area contributed by atoms with Crippen molar-refractivity contribution in [2.45, 2.75) is 58.3 Å². The number of hydrogen-bond acceptors (Lipinski definition) is 2. The molecule has 1 heterocycles. The fraction of sp³-hybridized carbons (Fsp3) is 0.688. The van der Waals surface area contributed by atoms with Crippen LogP contribution in [0.15, 0.2) is 24.3 Å². The summed E-state index contributed by atoms with van der Waals surface area (Å²) in [6, 6.07) is 0. The van der Waals surface area contributed by atoms with Gasteiger partial charge in [0.15, 0.2) is 0 Å². The van der Waals surface area contributed by atoms with Crippen LogP contribution in [-0.2, 0) is 9.53 Å². The van der Waals surface area contributed by atoms with Crippen LogP contribution in [0.1, 0.15) is 58.3 Å². The average molecular weight is 250 g/mol. The number of allylic oxidation sites excluding steroid dienone is 3. The third kappa shape index (κ3) is 8.10. The molecule has 0 aromatic rings. The number of hydrogen-bond donors (Lipinski definition) is 0. The Morgan fingerprint density at radius 1 is 1.00 bits per heavy atom. The van der Waals surface area contributed by atoms with Crippen LogP contribution in [0.5, 0.6) is 0 Å². The number of carbonyl (C=O) groups excluding carboxylic acids is 1. The van der Waals surface area contributed by atoms with E-state index in [0.717, 1.165) is 38.0 Å². The van der Waals surface area contributed by atoms with E-state index in [1.165, 1.54) is 12.8 Å². The second kappa shape index (κ2) is 9.93. The first-order chi connectivity index (χ1) is 8.79. The minimum Gasteiger partial charge on any atom is -0.465 e. The molecule has 2 heteroatoms. The monoisotopic (exact) mass is 250 g/mol. The quantitative estimate of drug-likeness (QED) is 0.470. The van der Waals surface area contributed by atoms with Gasteiger partial charge in [0.05, 0.1) is 13.0 Å². The SMILES string of the molecule is CC1CC/C=C\CCC/C=C/CC(=O)OCCC1. The third-order valence-electron chi connectivity index (χ3n) is 3.29. The summed E-state index contributed by atoms with van der Waals surface area (Å²) in [4.78, 5) is 11.4. The van der Waals surface area contributed by atoms with Crippen molar-refractivity contribution in [3.63, 3.8) is 0 Å². The zero-order valence-corrected chi connectivity index (χ0v) is 11.6. The van der Waals surface area contributed by atoms with E-state index < -0.39 is 0 Å². The third-order valence-corrected chi connectivity index (χ3v) is 3.29. The second-order valence-electron chi connectivity index (χ2n) is 5.12. The largest absolute Gasteiger partial charge is 0.465 e. The van der Waals surface area contributed by atoms with E-state index in [4.69, 9.17) is 4.74 Å². The van der Waals surface area contributed by atoms with Gasteiger partial charge in [-0.25, -0.2) is 0 Å². The molecule has 1 aliphatic heterocycles. The summed E-state index contributed by atoms with van der Waals surface area (Å²) >= 11 is 0. The molecule has 1 rings (SSSR count). The predicted octanol–water partition coefficient (Wildman–Crippen LogP) is 4.41. The zero-order chi connectivity index (χ0) is 13.1.